The first-order chi connectivity index (χ1) is 8.16. The molecule has 0 radical (unpaired) electrons. The van der Waals surface area contributed by atoms with E-state index < -0.39 is 0 Å². The second kappa shape index (κ2) is 5.22. The van der Waals surface area contributed by atoms with Gasteiger partial charge >= 0.3 is 0 Å². The number of benzene rings is 1. The summed E-state index contributed by atoms with van der Waals surface area (Å²) >= 11 is 0. The van der Waals surface area contributed by atoms with E-state index in [4.69, 9.17) is 0 Å². The summed E-state index contributed by atoms with van der Waals surface area (Å²) in [4.78, 5) is 0. The van der Waals surface area contributed by atoms with Gasteiger partial charge in [-0.25, -0.2) is 0 Å². The molecule has 1 aromatic carbocycles. The summed E-state index contributed by atoms with van der Waals surface area (Å²) in [7, 11) is 0. The van der Waals surface area contributed by atoms with Crippen LogP contribution in [0.15, 0.2) is 24.3 Å². The minimum absolute atomic E-state index is 0.614. The quantitative estimate of drug-likeness (QED) is 0.785. The van der Waals surface area contributed by atoms with Crippen molar-refractivity contribution in [2.75, 3.05) is 6.54 Å². The molecule has 1 saturated carbocycles. The van der Waals surface area contributed by atoms with Crippen LogP contribution in [0, 0.1) is 11.3 Å². The van der Waals surface area contributed by atoms with Gasteiger partial charge in [0, 0.05) is 13.1 Å². The highest BCUT2D eigenvalue weighted by atomic mass is 14.9. The molecule has 0 amide bonds. The van der Waals surface area contributed by atoms with E-state index in [1.165, 1.54) is 30.5 Å². The maximum atomic E-state index is 3.62. The van der Waals surface area contributed by atoms with Crippen LogP contribution in [0.5, 0.6) is 0 Å². The Morgan fingerprint density at radius 3 is 2.18 bits per heavy atom. The fourth-order valence-electron chi connectivity index (χ4n) is 2.47. The van der Waals surface area contributed by atoms with Crippen LogP contribution in [0.25, 0.3) is 0 Å². The molecule has 1 nitrogen and oxygen atoms in total. The first kappa shape index (κ1) is 12.6. The van der Waals surface area contributed by atoms with Crippen molar-refractivity contribution in [1.29, 1.82) is 0 Å². The largest absolute Gasteiger partial charge is 0.312 e. The van der Waals surface area contributed by atoms with Gasteiger partial charge in [-0.05, 0) is 41.7 Å². The van der Waals surface area contributed by atoms with E-state index in [0.717, 1.165) is 18.9 Å². The van der Waals surface area contributed by atoms with Crippen LogP contribution in [-0.4, -0.2) is 6.54 Å². The van der Waals surface area contributed by atoms with Crippen LogP contribution >= 0.6 is 0 Å². The molecule has 94 valence electrons. The number of nitrogens with one attached hydrogen (secondary N) is 1. The van der Waals surface area contributed by atoms with E-state index in [2.05, 4.69) is 50.4 Å². The van der Waals surface area contributed by atoms with Crippen LogP contribution in [0.3, 0.4) is 0 Å². The maximum Gasteiger partial charge on any atom is 0.0205 e. The molecular formula is C16H25N. The lowest BCUT2D eigenvalue weighted by molar-refractivity contribution is 0.338. The van der Waals surface area contributed by atoms with Crippen molar-refractivity contribution < 1.29 is 0 Å². The van der Waals surface area contributed by atoms with Crippen LogP contribution < -0.4 is 5.32 Å². The Morgan fingerprint density at radius 1 is 1.12 bits per heavy atom. The van der Waals surface area contributed by atoms with Gasteiger partial charge < -0.3 is 5.32 Å². The van der Waals surface area contributed by atoms with Crippen LogP contribution in [-0.2, 0) is 13.0 Å². The standard InChI is InChI=1S/C16H25N/c1-4-14-5-7-15(8-6-14)11-17-12-16(9-10-16)13(2)3/h5-8,13,17H,4,9-12H2,1-3H3. The van der Waals surface area contributed by atoms with Gasteiger partial charge in [-0.2, -0.15) is 0 Å². The molecule has 0 heterocycles. The third kappa shape index (κ3) is 3.10. The zero-order valence-electron chi connectivity index (χ0n) is 11.4. The van der Waals surface area contributed by atoms with Gasteiger partial charge in [0.15, 0.2) is 0 Å². The number of rotatable bonds is 6. The Hall–Kier alpha value is -0.820. The van der Waals surface area contributed by atoms with Gasteiger partial charge in [-0.1, -0.05) is 45.0 Å². The molecule has 0 unspecified atom stereocenters. The molecule has 1 N–H and O–H groups in total. The molecule has 1 aromatic rings. The lowest BCUT2D eigenvalue weighted by Gasteiger charge is -2.20. The Balaban J connectivity index is 1.78. The Morgan fingerprint density at radius 2 is 1.71 bits per heavy atom. The van der Waals surface area contributed by atoms with Crippen molar-refractivity contribution in [2.24, 2.45) is 11.3 Å². The molecule has 17 heavy (non-hydrogen) atoms. The molecule has 0 atom stereocenters. The molecule has 0 saturated heterocycles. The van der Waals surface area contributed by atoms with E-state index in [1.807, 2.05) is 0 Å². The summed E-state index contributed by atoms with van der Waals surface area (Å²) in [5.74, 6) is 0.817. The summed E-state index contributed by atoms with van der Waals surface area (Å²) in [6.45, 7) is 9.10. The van der Waals surface area contributed by atoms with Gasteiger partial charge in [-0.3, -0.25) is 0 Å². The number of hydrogen-bond donors (Lipinski definition) is 1. The van der Waals surface area contributed by atoms with Gasteiger partial charge in [0.2, 0.25) is 0 Å². The Bertz CT molecular complexity index is 346. The van der Waals surface area contributed by atoms with Gasteiger partial charge in [0.25, 0.3) is 0 Å². The Labute approximate surface area is 106 Å². The van der Waals surface area contributed by atoms with Gasteiger partial charge in [0.1, 0.15) is 0 Å². The van der Waals surface area contributed by atoms with E-state index in [9.17, 15) is 0 Å². The molecule has 1 aliphatic rings. The fourth-order valence-corrected chi connectivity index (χ4v) is 2.47. The van der Waals surface area contributed by atoms with E-state index in [-0.39, 0.29) is 0 Å². The average Bonchev–Trinajstić information content (AvgIpc) is 3.11. The second-order valence-corrected chi connectivity index (χ2v) is 5.79. The summed E-state index contributed by atoms with van der Waals surface area (Å²) in [6.07, 6.45) is 3.95. The Kier molecular flexibility index (Phi) is 3.88. The normalized spacial score (nSPS) is 17.4. The zero-order valence-corrected chi connectivity index (χ0v) is 11.4. The summed E-state index contributed by atoms with van der Waals surface area (Å²) in [6, 6.07) is 8.99. The highest BCUT2D eigenvalue weighted by molar-refractivity contribution is 5.22. The molecule has 0 bridgehead atoms. The molecule has 1 aliphatic carbocycles. The molecule has 0 aromatic heterocycles. The van der Waals surface area contributed by atoms with Crippen molar-refractivity contribution in [3.8, 4) is 0 Å². The minimum atomic E-state index is 0.614. The highest BCUT2D eigenvalue weighted by Gasteiger charge is 2.44. The number of hydrogen-bond acceptors (Lipinski definition) is 1. The topological polar surface area (TPSA) is 12.0 Å². The van der Waals surface area contributed by atoms with E-state index >= 15 is 0 Å². The molecular weight excluding hydrogens is 206 g/mol. The highest BCUT2D eigenvalue weighted by Crippen LogP contribution is 2.51. The third-order valence-corrected chi connectivity index (χ3v) is 4.35. The van der Waals surface area contributed by atoms with E-state index in [1.54, 1.807) is 0 Å². The molecule has 1 heteroatoms. The fraction of sp³-hybridized carbons (Fsp3) is 0.625. The maximum absolute atomic E-state index is 3.62. The zero-order chi connectivity index (χ0) is 12.3. The minimum Gasteiger partial charge on any atom is -0.312 e. The predicted octanol–water partition coefficient (Wildman–Crippen LogP) is 3.77. The summed E-state index contributed by atoms with van der Waals surface area (Å²) in [5, 5.41) is 3.62. The lowest BCUT2D eigenvalue weighted by Crippen LogP contribution is -2.27. The van der Waals surface area contributed by atoms with Crippen LogP contribution in [0.2, 0.25) is 0 Å². The van der Waals surface area contributed by atoms with Crippen molar-refractivity contribution in [1.82, 2.24) is 5.32 Å². The van der Waals surface area contributed by atoms with Crippen molar-refractivity contribution in [3.63, 3.8) is 0 Å². The molecule has 2 rings (SSSR count). The third-order valence-electron chi connectivity index (χ3n) is 4.35. The van der Waals surface area contributed by atoms with Crippen LogP contribution in [0.1, 0.15) is 44.7 Å². The summed E-state index contributed by atoms with van der Waals surface area (Å²) < 4.78 is 0. The first-order valence-corrected chi connectivity index (χ1v) is 6.95. The average molecular weight is 231 g/mol. The summed E-state index contributed by atoms with van der Waals surface area (Å²) in [5.41, 5.74) is 3.44. The predicted molar refractivity (Wildman–Crippen MR) is 74.0 cm³/mol. The lowest BCUT2D eigenvalue weighted by atomic mass is 9.92. The van der Waals surface area contributed by atoms with Gasteiger partial charge in [0.05, 0.1) is 0 Å². The molecule has 1 fully saturated rings. The van der Waals surface area contributed by atoms with Crippen molar-refractivity contribution >= 4 is 0 Å². The molecule has 0 aliphatic heterocycles. The smallest absolute Gasteiger partial charge is 0.0205 e. The van der Waals surface area contributed by atoms with Gasteiger partial charge in [-0.15, -0.1) is 0 Å². The SMILES string of the molecule is CCc1ccc(CNCC2(C(C)C)CC2)cc1. The number of aryl methyl sites for hydroxylation is 1. The monoisotopic (exact) mass is 231 g/mol. The van der Waals surface area contributed by atoms with Crippen molar-refractivity contribution in [2.45, 2.75) is 46.6 Å². The molecule has 0 spiro atoms. The van der Waals surface area contributed by atoms with Crippen LogP contribution in [0.4, 0.5) is 0 Å². The second-order valence-electron chi connectivity index (χ2n) is 5.79. The first-order valence-electron chi connectivity index (χ1n) is 6.95. The van der Waals surface area contributed by atoms with Crippen molar-refractivity contribution in [3.05, 3.63) is 35.4 Å². The van der Waals surface area contributed by atoms with E-state index in [0.29, 0.717) is 5.41 Å².